The maximum Gasteiger partial charge on any atom is 0.408 e. The average molecular weight is 409 g/mol. The highest BCUT2D eigenvalue weighted by molar-refractivity contribution is 7.84. The van der Waals surface area contributed by atoms with Gasteiger partial charge in [0.2, 0.25) is 0 Å². The lowest BCUT2D eigenvalue weighted by Crippen LogP contribution is -2.46. The van der Waals surface area contributed by atoms with Gasteiger partial charge in [-0.2, -0.15) is 0 Å². The first kappa shape index (κ1) is 23.2. The molecule has 1 aromatic rings. The fourth-order valence-corrected chi connectivity index (χ4v) is 2.12. The second-order valence-electron chi connectivity index (χ2n) is 6.74. The SMILES string of the molecule is COC(=O)C(=S)C(=O)C[C@H](NC(=O)OC(C)(C)C)C(=O)OCc1ccccc1. The third-order valence-corrected chi connectivity index (χ3v) is 3.61. The van der Waals surface area contributed by atoms with Crippen LogP contribution < -0.4 is 5.32 Å². The van der Waals surface area contributed by atoms with Crippen molar-refractivity contribution < 1.29 is 33.4 Å². The molecular formula is C19H23NO7S. The Kier molecular flexibility index (Phi) is 8.72. The van der Waals surface area contributed by atoms with E-state index in [9.17, 15) is 19.2 Å². The number of esters is 2. The summed E-state index contributed by atoms with van der Waals surface area (Å²) in [4.78, 5) is 47.4. The van der Waals surface area contributed by atoms with Crippen molar-refractivity contribution in [2.24, 2.45) is 0 Å². The van der Waals surface area contributed by atoms with Crippen molar-refractivity contribution in [3.05, 3.63) is 35.9 Å². The Morgan fingerprint density at radius 1 is 1.11 bits per heavy atom. The maximum absolute atomic E-state index is 12.4. The summed E-state index contributed by atoms with van der Waals surface area (Å²) in [6.45, 7) is 4.88. The minimum Gasteiger partial charge on any atom is -0.465 e. The number of hydrogen-bond donors (Lipinski definition) is 1. The summed E-state index contributed by atoms with van der Waals surface area (Å²) in [5.74, 6) is -2.69. The normalized spacial score (nSPS) is 11.7. The van der Waals surface area contributed by atoms with Gasteiger partial charge in [-0.05, 0) is 26.3 Å². The molecule has 0 aliphatic heterocycles. The Morgan fingerprint density at radius 3 is 2.25 bits per heavy atom. The molecule has 152 valence electrons. The minimum absolute atomic E-state index is 0.0538. The van der Waals surface area contributed by atoms with Gasteiger partial charge in [0.15, 0.2) is 10.6 Å². The minimum atomic E-state index is -1.38. The largest absolute Gasteiger partial charge is 0.465 e. The molecular weight excluding hydrogens is 386 g/mol. The first-order chi connectivity index (χ1) is 13.0. The van der Waals surface area contributed by atoms with E-state index in [2.05, 4.69) is 10.1 Å². The fraction of sp³-hybridized carbons (Fsp3) is 0.421. The molecule has 1 rings (SSSR count). The number of benzene rings is 1. The number of thiocarbonyl (C=S) groups is 1. The highest BCUT2D eigenvalue weighted by Crippen LogP contribution is 2.09. The predicted molar refractivity (Wildman–Crippen MR) is 104 cm³/mol. The number of carbonyl (C=O) groups excluding carboxylic acids is 4. The summed E-state index contributed by atoms with van der Waals surface area (Å²) < 4.78 is 14.7. The smallest absolute Gasteiger partial charge is 0.408 e. The van der Waals surface area contributed by atoms with Gasteiger partial charge in [-0.3, -0.25) is 4.79 Å². The van der Waals surface area contributed by atoms with Crippen LogP contribution in [0.5, 0.6) is 0 Å². The van der Waals surface area contributed by atoms with E-state index in [0.717, 1.165) is 12.7 Å². The van der Waals surface area contributed by atoms with Crippen molar-refractivity contribution in [1.82, 2.24) is 5.32 Å². The Balaban J connectivity index is 2.85. The Labute approximate surface area is 168 Å². The zero-order valence-corrected chi connectivity index (χ0v) is 17.0. The third-order valence-electron chi connectivity index (χ3n) is 3.21. The molecule has 0 heterocycles. The van der Waals surface area contributed by atoms with Gasteiger partial charge in [-0.1, -0.05) is 42.5 Å². The molecule has 0 spiro atoms. The first-order valence-corrected chi connectivity index (χ1v) is 8.80. The van der Waals surface area contributed by atoms with Gasteiger partial charge in [0.1, 0.15) is 18.2 Å². The average Bonchev–Trinajstić information content (AvgIpc) is 2.63. The molecule has 1 N–H and O–H groups in total. The number of methoxy groups -OCH3 is 1. The lowest BCUT2D eigenvalue weighted by atomic mass is 10.1. The molecule has 9 heteroatoms. The molecule has 1 aromatic carbocycles. The Bertz CT molecular complexity index is 740. The van der Waals surface area contributed by atoms with Crippen LogP contribution >= 0.6 is 12.2 Å². The highest BCUT2D eigenvalue weighted by Gasteiger charge is 2.30. The summed E-state index contributed by atoms with van der Waals surface area (Å²) in [7, 11) is 1.08. The second kappa shape index (κ2) is 10.5. The molecule has 0 aromatic heterocycles. The Hall–Kier alpha value is -2.81. The van der Waals surface area contributed by atoms with Crippen LogP contribution in [0.3, 0.4) is 0 Å². The molecule has 0 saturated carbocycles. The van der Waals surface area contributed by atoms with E-state index in [-0.39, 0.29) is 6.61 Å². The van der Waals surface area contributed by atoms with Gasteiger partial charge < -0.3 is 19.5 Å². The van der Waals surface area contributed by atoms with Crippen LogP contribution in [0.15, 0.2) is 30.3 Å². The van der Waals surface area contributed by atoms with Crippen molar-refractivity contribution in [3.63, 3.8) is 0 Å². The Morgan fingerprint density at radius 2 is 1.71 bits per heavy atom. The molecule has 1 amide bonds. The second-order valence-corrected chi connectivity index (χ2v) is 7.15. The first-order valence-electron chi connectivity index (χ1n) is 8.39. The van der Waals surface area contributed by atoms with Crippen LogP contribution in [0.1, 0.15) is 32.8 Å². The van der Waals surface area contributed by atoms with Crippen molar-refractivity contribution in [1.29, 1.82) is 0 Å². The van der Waals surface area contributed by atoms with Gasteiger partial charge in [-0.25, -0.2) is 14.4 Å². The molecule has 0 fully saturated rings. The van der Waals surface area contributed by atoms with E-state index in [1.807, 2.05) is 6.07 Å². The van der Waals surface area contributed by atoms with Crippen molar-refractivity contribution in [2.75, 3.05) is 7.11 Å². The zero-order chi connectivity index (χ0) is 21.3. The van der Waals surface area contributed by atoms with Crippen molar-refractivity contribution in [3.8, 4) is 0 Å². The molecule has 1 atom stereocenters. The number of rotatable bonds is 8. The van der Waals surface area contributed by atoms with E-state index in [4.69, 9.17) is 21.7 Å². The standard InChI is InChI=1S/C19H23NO7S/c1-19(2,3)27-18(24)20-13(10-14(21)15(28)17(23)25-4)16(22)26-11-12-8-6-5-7-9-12/h5-9,13H,10-11H2,1-4H3,(H,20,24)/t13-/m0/s1. The monoisotopic (exact) mass is 409 g/mol. The summed E-state index contributed by atoms with van der Waals surface area (Å²) in [6, 6.07) is 7.48. The molecule has 0 unspecified atom stereocenters. The molecule has 0 aliphatic carbocycles. The van der Waals surface area contributed by atoms with E-state index in [1.54, 1.807) is 45.0 Å². The maximum atomic E-state index is 12.4. The van der Waals surface area contributed by atoms with Crippen molar-refractivity contribution >= 4 is 40.9 Å². The molecule has 8 nitrogen and oxygen atoms in total. The van der Waals surface area contributed by atoms with E-state index in [1.165, 1.54) is 0 Å². The van der Waals surface area contributed by atoms with Gasteiger partial charge >= 0.3 is 18.0 Å². The van der Waals surface area contributed by atoms with E-state index >= 15 is 0 Å². The van der Waals surface area contributed by atoms with Crippen LogP contribution in [0.4, 0.5) is 4.79 Å². The highest BCUT2D eigenvalue weighted by atomic mass is 32.1. The number of carbonyl (C=O) groups is 4. The van der Waals surface area contributed by atoms with Crippen molar-refractivity contribution in [2.45, 2.75) is 45.4 Å². The van der Waals surface area contributed by atoms with Crippen LogP contribution in [0.25, 0.3) is 0 Å². The lowest BCUT2D eigenvalue weighted by molar-refractivity contribution is -0.148. The summed E-state index contributed by atoms with van der Waals surface area (Å²) in [5, 5.41) is 2.28. The van der Waals surface area contributed by atoms with Crippen LogP contribution in [-0.4, -0.2) is 47.4 Å². The third kappa shape index (κ3) is 8.26. The van der Waals surface area contributed by atoms with E-state index in [0.29, 0.717) is 0 Å². The number of ether oxygens (including phenoxy) is 3. The molecule has 0 aliphatic rings. The van der Waals surface area contributed by atoms with Crippen LogP contribution in [0, 0.1) is 0 Å². The van der Waals surface area contributed by atoms with Gasteiger partial charge in [0.05, 0.1) is 7.11 Å². The van der Waals surface area contributed by atoms with Gasteiger partial charge in [0.25, 0.3) is 0 Å². The number of nitrogens with one attached hydrogen (secondary N) is 1. The molecule has 28 heavy (non-hydrogen) atoms. The number of Topliss-reactive ketones (excluding diaryl/α,β-unsaturated/α-hetero) is 1. The number of ketones is 1. The zero-order valence-electron chi connectivity index (χ0n) is 16.1. The fourth-order valence-electron chi connectivity index (χ4n) is 1.96. The molecule has 0 saturated heterocycles. The summed E-state index contributed by atoms with van der Waals surface area (Å²) >= 11 is 4.73. The molecule has 0 radical (unpaired) electrons. The predicted octanol–water partition coefficient (Wildman–Crippen LogP) is 2.13. The topological polar surface area (TPSA) is 108 Å². The van der Waals surface area contributed by atoms with Crippen LogP contribution in [0.2, 0.25) is 0 Å². The molecule has 0 bridgehead atoms. The van der Waals surface area contributed by atoms with E-state index < -0.39 is 46.7 Å². The van der Waals surface area contributed by atoms with Gasteiger partial charge in [0, 0.05) is 6.42 Å². The summed E-state index contributed by atoms with van der Waals surface area (Å²) in [6.07, 6.45) is -1.48. The summed E-state index contributed by atoms with van der Waals surface area (Å²) in [5.41, 5.74) is -0.0863. The van der Waals surface area contributed by atoms with Gasteiger partial charge in [-0.15, -0.1) is 0 Å². The lowest BCUT2D eigenvalue weighted by Gasteiger charge is -2.22. The van der Waals surface area contributed by atoms with Crippen LogP contribution in [-0.2, 0) is 35.2 Å². The quantitative estimate of drug-likeness (QED) is 0.301. The number of hydrogen-bond acceptors (Lipinski definition) is 8. The number of amides is 1. The number of alkyl carbamates (subject to hydrolysis) is 1.